The van der Waals surface area contributed by atoms with E-state index in [0.717, 1.165) is 11.1 Å². The van der Waals surface area contributed by atoms with Crippen molar-refractivity contribution in [1.29, 1.82) is 0 Å². The Labute approximate surface area is 155 Å². The summed E-state index contributed by atoms with van der Waals surface area (Å²) in [6.07, 6.45) is 3.37. The van der Waals surface area contributed by atoms with Gasteiger partial charge in [0.05, 0.1) is 0 Å². The summed E-state index contributed by atoms with van der Waals surface area (Å²) in [6.45, 7) is 1.91. The molecular formula is C21H17N3O3. The Morgan fingerprint density at radius 2 is 1.96 bits per heavy atom. The fraction of sp³-hybridized carbons (Fsp3) is 0.0952. The second-order valence-corrected chi connectivity index (χ2v) is 6.09. The largest absolute Gasteiger partial charge is 0.484 e. The summed E-state index contributed by atoms with van der Waals surface area (Å²) in [5.41, 5.74) is 3.87. The molecule has 0 unspecified atom stereocenters. The summed E-state index contributed by atoms with van der Waals surface area (Å²) < 4.78 is 11.3. The van der Waals surface area contributed by atoms with Crippen LogP contribution >= 0.6 is 0 Å². The minimum atomic E-state index is -0.242. The molecule has 4 aromatic rings. The van der Waals surface area contributed by atoms with Crippen LogP contribution in [0.5, 0.6) is 5.75 Å². The zero-order valence-corrected chi connectivity index (χ0v) is 14.7. The highest BCUT2D eigenvalue weighted by molar-refractivity contribution is 5.94. The van der Waals surface area contributed by atoms with Gasteiger partial charge < -0.3 is 14.5 Å². The molecule has 0 aliphatic heterocycles. The molecule has 0 aliphatic rings. The van der Waals surface area contributed by atoms with Crippen LogP contribution in [0.15, 0.2) is 71.4 Å². The van der Waals surface area contributed by atoms with Gasteiger partial charge in [0, 0.05) is 23.6 Å². The Morgan fingerprint density at radius 3 is 2.78 bits per heavy atom. The highest BCUT2D eigenvalue weighted by atomic mass is 16.5. The molecule has 0 spiro atoms. The molecule has 134 valence electrons. The average molecular weight is 359 g/mol. The number of nitrogens with zero attached hydrogens (tertiary/aromatic N) is 2. The Balaban J connectivity index is 1.45. The fourth-order valence-electron chi connectivity index (χ4n) is 2.67. The standard InChI is InChI=1S/C21H17N3O3/c1-14-3-2-4-17(11-14)26-13-20(25)23-16-5-6-19-18(12-16)24-21(27-19)15-7-9-22-10-8-15/h2-12H,13H2,1H3,(H,23,25). The topological polar surface area (TPSA) is 77.2 Å². The number of hydrogen-bond acceptors (Lipinski definition) is 5. The maximum Gasteiger partial charge on any atom is 0.262 e. The number of ether oxygens (including phenoxy) is 1. The molecule has 1 N–H and O–H groups in total. The highest BCUT2D eigenvalue weighted by Gasteiger charge is 2.10. The quantitative estimate of drug-likeness (QED) is 0.577. The summed E-state index contributed by atoms with van der Waals surface area (Å²) >= 11 is 0. The van der Waals surface area contributed by atoms with Crippen LogP contribution in [0.4, 0.5) is 5.69 Å². The van der Waals surface area contributed by atoms with E-state index in [4.69, 9.17) is 9.15 Å². The molecule has 6 nitrogen and oxygen atoms in total. The normalized spacial score (nSPS) is 10.7. The first-order chi connectivity index (χ1) is 13.2. The molecule has 0 fully saturated rings. The van der Waals surface area contributed by atoms with Gasteiger partial charge >= 0.3 is 0 Å². The van der Waals surface area contributed by atoms with Gasteiger partial charge in [0.2, 0.25) is 5.89 Å². The van der Waals surface area contributed by atoms with Crippen molar-refractivity contribution >= 4 is 22.7 Å². The number of fused-ring (bicyclic) bond motifs is 1. The van der Waals surface area contributed by atoms with Gasteiger partial charge in [-0.15, -0.1) is 0 Å². The van der Waals surface area contributed by atoms with Crippen molar-refractivity contribution in [2.24, 2.45) is 0 Å². The van der Waals surface area contributed by atoms with Crippen LogP contribution in [0.25, 0.3) is 22.6 Å². The van der Waals surface area contributed by atoms with Gasteiger partial charge in [0.1, 0.15) is 11.3 Å². The number of amides is 1. The molecule has 27 heavy (non-hydrogen) atoms. The molecule has 2 heterocycles. The van der Waals surface area contributed by atoms with Gasteiger partial charge in [-0.25, -0.2) is 4.98 Å². The van der Waals surface area contributed by atoms with Crippen LogP contribution in [-0.2, 0) is 4.79 Å². The lowest BCUT2D eigenvalue weighted by Crippen LogP contribution is -2.20. The van der Waals surface area contributed by atoms with E-state index >= 15 is 0 Å². The number of oxazole rings is 1. The Hall–Kier alpha value is -3.67. The molecule has 6 heteroatoms. The van der Waals surface area contributed by atoms with Gasteiger partial charge in [-0.3, -0.25) is 9.78 Å². The summed E-state index contributed by atoms with van der Waals surface area (Å²) in [5.74, 6) is 0.937. The Morgan fingerprint density at radius 1 is 1.11 bits per heavy atom. The maximum atomic E-state index is 12.1. The first-order valence-electron chi connectivity index (χ1n) is 8.48. The van der Waals surface area contributed by atoms with Crippen LogP contribution in [-0.4, -0.2) is 22.5 Å². The lowest BCUT2D eigenvalue weighted by Gasteiger charge is -2.08. The lowest BCUT2D eigenvalue weighted by atomic mass is 10.2. The zero-order valence-electron chi connectivity index (χ0n) is 14.7. The minimum absolute atomic E-state index is 0.0669. The van der Waals surface area contributed by atoms with E-state index in [2.05, 4.69) is 15.3 Å². The number of nitrogens with one attached hydrogen (secondary N) is 1. The number of carbonyl (C=O) groups is 1. The Bertz CT molecular complexity index is 1090. The summed E-state index contributed by atoms with van der Waals surface area (Å²) in [4.78, 5) is 20.6. The minimum Gasteiger partial charge on any atom is -0.484 e. The van der Waals surface area contributed by atoms with E-state index in [9.17, 15) is 4.79 Å². The molecule has 1 amide bonds. The second kappa shape index (κ2) is 7.29. The molecule has 0 bridgehead atoms. The molecule has 0 saturated carbocycles. The summed E-state index contributed by atoms with van der Waals surface area (Å²) in [6, 6.07) is 16.6. The number of hydrogen-bond donors (Lipinski definition) is 1. The van der Waals surface area contributed by atoms with Crippen molar-refractivity contribution in [2.45, 2.75) is 6.92 Å². The van der Waals surface area contributed by atoms with Crippen molar-refractivity contribution in [1.82, 2.24) is 9.97 Å². The molecule has 4 rings (SSSR count). The highest BCUT2D eigenvalue weighted by Crippen LogP contribution is 2.25. The monoisotopic (exact) mass is 359 g/mol. The van der Waals surface area contributed by atoms with Crippen molar-refractivity contribution in [3.05, 3.63) is 72.6 Å². The number of pyridine rings is 1. The van der Waals surface area contributed by atoms with E-state index < -0.39 is 0 Å². The number of benzene rings is 2. The predicted molar refractivity (Wildman–Crippen MR) is 103 cm³/mol. The van der Waals surface area contributed by atoms with Crippen molar-refractivity contribution in [3.8, 4) is 17.2 Å². The van der Waals surface area contributed by atoms with E-state index in [1.807, 2.05) is 43.3 Å². The van der Waals surface area contributed by atoms with Crippen molar-refractivity contribution in [3.63, 3.8) is 0 Å². The maximum absolute atomic E-state index is 12.1. The zero-order chi connectivity index (χ0) is 18.6. The van der Waals surface area contributed by atoms with Crippen LogP contribution in [0.3, 0.4) is 0 Å². The van der Waals surface area contributed by atoms with E-state index in [1.165, 1.54) is 0 Å². The third kappa shape index (κ3) is 3.95. The predicted octanol–water partition coefficient (Wildman–Crippen LogP) is 4.22. The molecule has 0 aliphatic carbocycles. The fourth-order valence-corrected chi connectivity index (χ4v) is 2.67. The van der Waals surface area contributed by atoms with Crippen molar-refractivity contribution in [2.75, 3.05) is 11.9 Å². The first kappa shape index (κ1) is 16.8. The smallest absolute Gasteiger partial charge is 0.262 e. The SMILES string of the molecule is Cc1cccc(OCC(=O)Nc2ccc3oc(-c4ccncc4)nc3c2)c1. The molecule has 0 atom stereocenters. The lowest BCUT2D eigenvalue weighted by molar-refractivity contribution is -0.118. The van der Waals surface area contributed by atoms with Crippen LogP contribution in [0.1, 0.15) is 5.56 Å². The van der Waals surface area contributed by atoms with Crippen LogP contribution in [0, 0.1) is 6.92 Å². The summed E-state index contributed by atoms with van der Waals surface area (Å²) in [5, 5.41) is 2.81. The van der Waals surface area contributed by atoms with E-state index in [1.54, 1.807) is 30.6 Å². The van der Waals surface area contributed by atoms with E-state index in [-0.39, 0.29) is 12.5 Å². The molecule has 0 saturated heterocycles. The Kier molecular flexibility index (Phi) is 4.53. The number of rotatable bonds is 5. The third-order valence-electron chi connectivity index (χ3n) is 3.96. The third-order valence-corrected chi connectivity index (χ3v) is 3.96. The number of aryl methyl sites for hydroxylation is 1. The average Bonchev–Trinajstić information content (AvgIpc) is 3.11. The van der Waals surface area contributed by atoms with E-state index in [0.29, 0.717) is 28.4 Å². The first-order valence-corrected chi connectivity index (χ1v) is 8.48. The van der Waals surface area contributed by atoms with Gasteiger partial charge in [-0.2, -0.15) is 0 Å². The summed E-state index contributed by atoms with van der Waals surface area (Å²) in [7, 11) is 0. The number of carbonyl (C=O) groups excluding carboxylic acids is 1. The van der Waals surface area contributed by atoms with Crippen LogP contribution in [0.2, 0.25) is 0 Å². The van der Waals surface area contributed by atoms with Crippen molar-refractivity contribution < 1.29 is 13.9 Å². The van der Waals surface area contributed by atoms with Gasteiger partial charge in [-0.05, 0) is 55.0 Å². The molecule has 2 aromatic heterocycles. The van der Waals surface area contributed by atoms with Gasteiger partial charge in [0.25, 0.3) is 5.91 Å². The molecule has 2 aromatic carbocycles. The van der Waals surface area contributed by atoms with Gasteiger partial charge in [-0.1, -0.05) is 12.1 Å². The van der Waals surface area contributed by atoms with Gasteiger partial charge in [0.15, 0.2) is 12.2 Å². The molecular weight excluding hydrogens is 342 g/mol. The number of aromatic nitrogens is 2. The molecule has 0 radical (unpaired) electrons. The number of anilines is 1. The second-order valence-electron chi connectivity index (χ2n) is 6.09. The van der Waals surface area contributed by atoms with Crippen LogP contribution < -0.4 is 10.1 Å².